The lowest BCUT2D eigenvalue weighted by Crippen LogP contribution is -2.37. The normalized spacial score (nSPS) is 10.8. The van der Waals surface area contributed by atoms with Crippen molar-refractivity contribution in [2.45, 2.75) is 13.8 Å². The molecule has 2 amide bonds. The van der Waals surface area contributed by atoms with Crippen LogP contribution in [0.25, 0.3) is 21.1 Å². The van der Waals surface area contributed by atoms with Gasteiger partial charge in [-0.15, -0.1) is 22.7 Å². The number of rotatable bonds is 5. The number of aromatic nitrogens is 3. The summed E-state index contributed by atoms with van der Waals surface area (Å²) in [5.74, 6) is -0.662. The van der Waals surface area contributed by atoms with Gasteiger partial charge in [-0.25, -0.2) is 19.9 Å². The van der Waals surface area contributed by atoms with E-state index in [1.165, 1.54) is 22.7 Å². The maximum Gasteiger partial charge on any atom is 0.278 e. The van der Waals surface area contributed by atoms with E-state index in [-0.39, 0.29) is 5.82 Å². The number of amides is 2. The first kappa shape index (κ1) is 22.8. The van der Waals surface area contributed by atoms with Crippen molar-refractivity contribution in [3.05, 3.63) is 106 Å². The van der Waals surface area contributed by atoms with Crippen molar-refractivity contribution in [3.8, 4) is 21.1 Å². The number of hydrogen-bond acceptors (Lipinski definition) is 7. The maximum absolute atomic E-state index is 13.8. The summed E-state index contributed by atoms with van der Waals surface area (Å²) in [7, 11) is 0. The molecule has 5 aromatic rings. The minimum Gasteiger partial charge on any atom is -0.267 e. The average Bonchev–Trinajstić information content (AvgIpc) is 3.48. The Morgan fingerprint density at radius 1 is 0.657 bits per heavy atom. The van der Waals surface area contributed by atoms with E-state index in [1.54, 1.807) is 38.2 Å². The predicted molar refractivity (Wildman–Crippen MR) is 140 cm³/mol. The molecular formula is C27H20N4O2S2. The minimum atomic E-state index is -0.458. The summed E-state index contributed by atoms with van der Waals surface area (Å²) in [4.78, 5) is 43.1. The molecule has 3 aromatic heterocycles. The molecule has 172 valence electrons. The lowest BCUT2D eigenvalue weighted by molar-refractivity contribution is 0.0900. The van der Waals surface area contributed by atoms with Gasteiger partial charge in [0.25, 0.3) is 11.8 Å². The van der Waals surface area contributed by atoms with Crippen LogP contribution in [0.1, 0.15) is 30.7 Å². The van der Waals surface area contributed by atoms with Gasteiger partial charge in [0, 0.05) is 17.3 Å². The highest BCUT2D eigenvalue weighted by Crippen LogP contribution is 2.33. The van der Waals surface area contributed by atoms with E-state index in [4.69, 9.17) is 0 Å². The number of carbonyl (C=O) groups excluding carboxylic acids is 2. The van der Waals surface area contributed by atoms with Crippen LogP contribution in [0, 0.1) is 13.8 Å². The molecule has 3 heterocycles. The second-order valence-corrected chi connectivity index (χ2v) is 9.73. The summed E-state index contributed by atoms with van der Waals surface area (Å²) in [6.45, 7) is 3.56. The second-order valence-electron chi connectivity index (χ2n) is 7.73. The van der Waals surface area contributed by atoms with E-state index in [0.717, 1.165) is 26.0 Å². The van der Waals surface area contributed by atoms with Gasteiger partial charge in [-0.2, -0.15) is 0 Å². The van der Waals surface area contributed by atoms with Crippen LogP contribution in [0.2, 0.25) is 0 Å². The summed E-state index contributed by atoms with van der Waals surface area (Å²) < 4.78 is 0. The molecule has 0 saturated carbocycles. The van der Waals surface area contributed by atoms with Crippen LogP contribution >= 0.6 is 22.7 Å². The molecule has 0 radical (unpaired) electrons. The number of pyridine rings is 1. The van der Waals surface area contributed by atoms with E-state index in [1.807, 2.05) is 60.7 Å². The predicted octanol–water partition coefficient (Wildman–Crippen LogP) is 6.43. The van der Waals surface area contributed by atoms with Gasteiger partial charge >= 0.3 is 0 Å². The van der Waals surface area contributed by atoms with Crippen molar-refractivity contribution >= 4 is 40.3 Å². The zero-order chi connectivity index (χ0) is 24.4. The molecule has 0 aliphatic carbocycles. The van der Waals surface area contributed by atoms with Gasteiger partial charge in [-0.1, -0.05) is 66.7 Å². The molecule has 5 rings (SSSR count). The summed E-state index contributed by atoms with van der Waals surface area (Å²) in [5.41, 5.74) is 2.97. The van der Waals surface area contributed by atoms with E-state index in [0.29, 0.717) is 21.1 Å². The van der Waals surface area contributed by atoms with Crippen LogP contribution < -0.4 is 4.90 Å². The van der Waals surface area contributed by atoms with Crippen LogP contribution in [-0.4, -0.2) is 26.8 Å². The number of benzene rings is 2. The summed E-state index contributed by atoms with van der Waals surface area (Å²) >= 11 is 2.54. The van der Waals surface area contributed by atoms with Crippen LogP contribution in [0.5, 0.6) is 0 Å². The van der Waals surface area contributed by atoms with Gasteiger partial charge in [0.2, 0.25) is 0 Å². The third kappa shape index (κ3) is 4.53. The van der Waals surface area contributed by atoms with Crippen molar-refractivity contribution in [2.24, 2.45) is 0 Å². The fourth-order valence-electron chi connectivity index (χ4n) is 3.59. The van der Waals surface area contributed by atoms with E-state index < -0.39 is 11.8 Å². The van der Waals surface area contributed by atoms with Crippen molar-refractivity contribution in [1.29, 1.82) is 0 Å². The molecule has 0 atom stereocenters. The number of nitrogens with zero attached hydrogens (tertiary/aromatic N) is 4. The van der Waals surface area contributed by atoms with Gasteiger partial charge in [-0.05, 0) is 26.0 Å². The Kier molecular flexibility index (Phi) is 6.31. The third-order valence-electron chi connectivity index (χ3n) is 5.31. The molecule has 2 aromatic carbocycles. The average molecular weight is 497 g/mol. The van der Waals surface area contributed by atoms with Crippen LogP contribution in [0.4, 0.5) is 5.82 Å². The standard InChI is InChI=1S/C27H20N4O2S2/c1-17-22(34-24(29-17)19-11-5-3-6-12-19)26(32)31(21-15-9-10-16-28-21)27(33)23-18(2)30-25(35-23)20-13-7-4-8-14-20/h3-16H,1-2H3. The Balaban J connectivity index is 1.56. The SMILES string of the molecule is Cc1nc(-c2ccccc2)sc1C(=O)N(C(=O)c1sc(-c2ccccc2)nc1C)c1ccccn1. The molecule has 0 aliphatic rings. The Morgan fingerprint density at radius 3 is 1.54 bits per heavy atom. The number of aryl methyl sites for hydroxylation is 2. The highest BCUT2D eigenvalue weighted by molar-refractivity contribution is 7.18. The first-order chi connectivity index (χ1) is 17.0. The zero-order valence-electron chi connectivity index (χ0n) is 19.0. The smallest absolute Gasteiger partial charge is 0.267 e. The molecule has 0 aliphatic heterocycles. The van der Waals surface area contributed by atoms with Gasteiger partial charge in [-0.3, -0.25) is 9.59 Å². The quantitative estimate of drug-likeness (QED) is 0.262. The fraction of sp³-hybridized carbons (Fsp3) is 0.0741. The molecule has 6 nitrogen and oxygen atoms in total. The maximum atomic E-state index is 13.8. The third-order valence-corrected chi connectivity index (χ3v) is 7.70. The first-order valence-electron chi connectivity index (χ1n) is 10.9. The van der Waals surface area contributed by atoms with Crippen LogP contribution in [0.3, 0.4) is 0 Å². The molecule has 0 N–H and O–H groups in total. The van der Waals surface area contributed by atoms with Crippen LogP contribution in [-0.2, 0) is 0 Å². The highest BCUT2D eigenvalue weighted by atomic mass is 32.1. The van der Waals surface area contributed by atoms with Crippen molar-refractivity contribution in [1.82, 2.24) is 15.0 Å². The molecule has 0 unspecified atom stereocenters. The number of hydrogen-bond donors (Lipinski definition) is 0. The van der Waals surface area contributed by atoms with Gasteiger partial charge in [0.1, 0.15) is 25.6 Å². The van der Waals surface area contributed by atoms with Gasteiger partial charge in [0.15, 0.2) is 0 Å². The van der Waals surface area contributed by atoms with Gasteiger partial charge in [0.05, 0.1) is 11.4 Å². The lowest BCUT2D eigenvalue weighted by atomic mass is 10.2. The minimum absolute atomic E-state index is 0.255. The number of carbonyl (C=O) groups is 2. The molecule has 0 spiro atoms. The van der Waals surface area contributed by atoms with Crippen LogP contribution in [0.15, 0.2) is 85.1 Å². The summed E-state index contributed by atoms with van der Waals surface area (Å²) in [6, 6.07) is 24.5. The molecule has 35 heavy (non-hydrogen) atoms. The number of thiazole rings is 2. The second kappa shape index (κ2) is 9.69. The topological polar surface area (TPSA) is 76.1 Å². The molecule has 8 heteroatoms. The van der Waals surface area contributed by atoms with E-state index >= 15 is 0 Å². The Morgan fingerprint density at radius 2 is 1.11 bits per heavy atom. The van der Waals surface area contributed by atoms with E-state index in [9.17, 15) is 9.59 Å². The molecule has 0 fully saturated rings. The highest BCUT2D eigenvalue weighted by Gasteiger charge is 2.32. The van der Waals surface area contributed by atoms with E-state index in [2.05, 4.69) is 15.0 Å². The first-order valence-corrected chi connectivity index (χ1v) is 12.5. The fourth-order valence-corrected chi connectivity index (χ4v) is 5.59. The lowest BCUT2D eigenvalue weighted by Gasteiger charge is -2.19. The molecule has 0 saturated heterocycles. The Bertz CT molecular complexity index is 1400. The Hall–Kier alpha value is -4.01. The number of anilines is 1. The van der Waals surface area contributed by atoms with Crippen molar-refractivity contribution in [2.75, 3.05) is 4.90 Å². The van der Waals surface area contributed by atoms with Crippen molar-refractivity contribution < 1.29 is 9.59 Å². The Labute approximate surface area is 210 Å². The van der Waals surface area contributed by atoms with Crippen molar-refractivity contribution in [3.63, 3.8) is 0 Å². The molecule has 0 bridgehead atoms. The monoisotopic (exact) mass is 496 g/mol. The number of imide groups is 1. The largest absolute Gasteiger partial charge is 0.278 e. The molecular weight excluding hydrogens is 476 g/mol. The summed E-state index contributed by atoms with van der Waals surface area (Å²) in [6.07, 6.45) is 1.56. The zero-order valence-corrected chi connectivity index (χ0v) is 20.6. The summed E-state index contributed by atoms with van der Waals surface area (Å²) in [5, 5.41) is 1.44. The van der Waals surface area contributed by atoms with Gasteiger partial charge < -0.3 is 0 Å².